The van der Waals surface area contributed by atoms with Gasteiger partial charge in [0.1, 0.15) is 6.07 Å². The number of nitrogens with one attached hydrogen (secondary N) is 2. The Morgan fingerprint density at radius 2 is 2.07 bits per heavy atom. The summed E-state index contributed by atoms with van der Waals surface area (Å²) in [6, 6.07) is 9.20. The maximum atomic E-state index is 12.5. The number of anilines is 1. The fourth-order valence-electron chi connectivity index (χ4n) is 2.86. The first-order valence-electron chi connectivity index (χ1n) is 9.11. The van der Waals surface area contributed by atoms with Crippen LogP contribution in [0.4, 0.5) is 5.69 Å². The Morgan fingerprint density at radius 3 is 2.73 bits per heavy atom. The number of sulfonamides is 1. The number of nitrogens with zero attached hydrogens (tertiary/aromatic N) is 4. The summed E-state index contributed by atoms with van der Waals surface area (Å²) in [7, 11) is -3.67. The molecule has 0 atom stereocenters. The predicted octanol–water partition coefficient (Wildman–Crippen LogP) is 1.11. The van der Waals surface area contributed by atoms with E-state index in [2.05, 4.69) is 26.8 Å². The van der Waals surface area contributed by atoms with Crippen LogP contribution in [0.15, 0.2) is 36.7 Å². The number of fused-ring (bicyclic) bond motifs is 1. The van der Waals surface area contributed by atoms with Gasteiger partial charge in [-0.15, -0.1) is 0 Å². The highest BCUT2D eigenvalue weighted by Crippen LogP contribution is 2.25. The van der Waals surface area contributed by atoms with E-state index in [9.17, 15) is 13.2 Å². The van der Waals surface area contributed by atoms with E-state index >= 15 is 0 Å². The van der Waals surface area contributed by atoms with Crippen molar-refractivity contribution in [2.45, 2.75) is 19.9 Å². The summed E-state index contributed by atoms with van der Waals surface area (Å²) in [5, 5.41) is 24.0. The summed E-state index contributed by atoms with van der Waals surface area (Å²) in [6.07, 6.45) is 2.90. The molecule has 1 amide bonds. The molecule has 0 spiro atoms. The molecular formula is C19H21N7O3S. The Bertz CT molecular complexity index is 1240. The third-order valence-electron chi connectivity index (χ3n) is 4.16. The first-order chi connectivity index (χ1) is 14.2. The van der Waals surface area contributed by atoms with Gasteiger partial charge in [0.05, 0.1) is 45.7 Å². The van der Waals surface area contributed by atoms with Crippen molar-refractivity contribution in [2.24, 2.45) is 5.14 Å². The van der Waals surface area contributed by atoms with E-state index in [-0.39, 0.29) is 23.9 Å². The Morgan fingerprint density at radius 1 is 1.30 bits per heavy atom. The topological polar surface area (TPSA) is 155 Å². The first kappa shape index (κ1) is 21.2. The van der Waals surface area contributed by atoms with Gasteiger partial charge < -0.3 is 10.6 Å². The van der Waals surface area contributed by atoms with Crippen LogP contribution in [0, 0.1) is 11.3 Å². The highest BCUT2D eigenvalue weighted by atomic mass is 32.2. The minimum atomic E-state index is -3.67. The van der Waals surface area contributed by atoms with Crippen LogP contribution in [0.5, 0.6) is 0 Å². The second kappa shape index (κ2) is 8.48. The molecular weight excluding hydrogens is 406 g/mol. The molecule has 3 aromatic heterocycles. The van der Waals surface area contributed by atoms with Gasteiger partial charge in [0.2, 0.25) is 10.0 Å². The van der Waals surface area contributed by atoms with Crippen LogP contribution in [0.25, 0.3) is 16.9 Å². The number of hydrogen-bond acceptors (Lipinski definition) is 7. The maximum absolute atomic E-state index is 12.5. The molecule has 10 nitrogen and oxygen atoms in total. The predicted molar refractivity (Wildman–Crippen MR) is 112 cm³/mol. The molecule has 0 unspecified atom stereocenters. The van der Waals surface area contributed by atoms with Gasteiger partial charge in [0.15, 0.2) is 0 Å². The molecule has 0 aliphatic rings. The van der Waals surface area contributed by atoms with Gasteiger partial charge >= 0.3 is 0 Å². The Hall–Kier alpha value is -3.49. The molecule has 0 radical (unpaired) electrons. The van der Waals surface area contributed by atoms with Crippen LogP contribution >= 0.6 is 0 Å². The average Bonchev–Trinajstić information content (AvgIpc) is 3.09. The standard InChI is InChI=1S/C19H21N7O3S/c1-12(2)25-16-8-17(18-4-3-14-7-13(9-20)10-24-26(14)18)23-11-15(16)19(27)22-5-6-30(21,28)29/h3-4,7-8,10-12H,5-6H2,1-2H3,(H,22,27)(H,23,25)(H2,21,28,29). The fourth-order valence-corrected chi connectivity index (χ4v) is 3.25. The molecule has 0 bridgehead atoms. The number of aromatic nitrogens is 3. The second-order valence-electron chi connectivity index (χ2n) is 6.95. The van der Waals surface area contributed by atoms with E-state index in [1.807, 2.05) is 26.0 Å². The number of primary sulfonamides is 1. The highest BCUT2D eigenvalue weighted by molar-refractivity contribution is 7.89. The monoisotopic (exact) mass is 427 g/mol. The third-order valence-corrected chi connectivity index (χ3v) is 4.93. The molecule has 3 rings (SSSR count). The van der Waals surface area contributed by atoms with Crippen LogP contribution < -0.4 is 15.8 Å². The molecule has 4 N–H and O–H groups in total. The van der Waals surface area contributed by atoms with Crippen molar-refractivity contribution in [3.8, 4) is 17.5 Å². The summed E-state index contributed by atoms with van der Waals surface area (Å²) < 4.78 is 23.8. The van der Waals surface area contributed by atoms with Crippen molar-refractivity contribution in [2.75, 3.05) is 17.6 Å². The van der Waals surface area contributed by atoms with Gasteiger partial charge in [-0.2, -0.15) is 10.4 Å². The van der Waals surface area contributed by atoms with Gasteiger partial charge in [-0.3, -0.25) is 9.78 Å². The molecule has 156 valence electrons. The van der Waals surface area contributed by atoms with E-state index in [1.54, 1.807) is 16.6 Å². The van der Waals surface area contributed by atoms with Gasteiger partial charge in [0.25, 0.3) is 5.91 Å². The van der Waals surface area contributed by atoms with E-state index in [1.165, 1.54) is 12.4 Å². The van der Waals surface area contributed by atoms with Crippen molar-refractivity contribution in [1.82, 2.24) is 19.9 Å². The summed E-state index contributed by atoms with van der Waals surface area (Å²) in [5.74, 6) is -0.818. The van der Waals surface area contributed by atoms with Gasteiger partial charge in [0, 0.05) is 18.8 Å². The average molecular weight is 427 g/mol. The van der Waals surface area contributed by atoms with E-state index < -0.39 is 15.9 Å². The number of hydrogen-bond donors (Lipinski definition) is 3. The molecule has 0 aromatic carbocycles. The number of rotatable bonds is 7. The lowest BCUT2D eigenvalue weighted by molar-refractivity contribution is 0.0956. The van der Waals surface area contributed by atoms with Gasteiger partial charge in [-0.05, 0) is 38.1 Å². The van der Waals surface area contributed by atoms with E-state index in [4.69, 9.17) is 10.4 Å². The van der Waals surface area contributed by atoms with Crippen molar-refractivity contribution in [3.05, 3.63) is 47.8 Å². The lowest BCUT2D eigenvalue weighted by atomic mass is 10.1. The quantitative estimate of drug-likeness (QED) is 0.510. The number of pyridine rings is 1. The molecule has 0 aliphatic carbocycles. The smallest absolute Gasteiger partial charge is 0.254 e. The molecule has 3 heterocycles. The van der Waals surface area contributed by atoms with E-state index in [0.29, 0.717) is 22.6 Å². The Kier molecular flexibility index (Phi) is 6.00. The number of nitriles is 1. The number of amides is 1. The largest absolute Gasteiger partial charge is 0.382 e. The number of carbonyl (C=O) groups excluding carboxylic acids is 1. The highest BCUT2D eigenvalue weighted by Gasteiger charge is 2.17. The second-order valence-corrected chi connectivity index (χ2v) is 8.68. The molecule has 3 aromatic rings. The molecule has 0 saturated carbocycles. The zero-order chi connectivity index (χ0) is 21.9. The molecule has 30 heavy (non-hydrogen) atoms. The van der Waals surface area contributed by atoms with Crippen LogP contribution in [-0.2, 0) is 10.0 Å². The minimum absolute atomic E-state index is 0.0385. The SMILES string of the molecule is CC(C)Nc1cc(-c2ccc3cc(C#N)cnn23)ncc1C(=O)NCCS(N)(=O)=O. The van der Waals surface area contributed by atoms with Crippen LogP contribution in [0.1, 0.15) is 29.8 Å². The summed E-state index contributed by atoms with van der Waals surface area (Å²) in [5.41, 5.74) is 3.30. The lowest BCUT2D eigenvalue weighted by Gasteiger charge is -2.15. The third kappa shape index (κ3) is 4.91. The van der Waals surface area contributed by atoms with Crippen molar-refractivity contribution < 1.29 is 13.2 Å². The van der Waals surface area contributed by atoms with Crippen LogP contribution in [0.3, 0.4) is 0 Å². The Labute approximate surface area is 173 Å². The zero-order valence-electron chi connectivity index (χ0n) is 16.5. The lowest BCUT2D eigenvalue weighted by Crippen LogP contribution is -2.32. The molecule has 0 saturated heterocycles. The van der Waals surface area contributed by atoms with Crippen molar-refractivity contribution in [3.63, 3.8) is 0 Å². The number of carbonyl (C=O) groups is 1. The summed E-state index contributed by atoms with van der Waals surface area (Å²) >= 11 is 0. The van der Waals surface area contributed by atoms with E-state index in [0.717, 1.165) is 5.52 Å². The fraction of sp³-hybridized carbons (Fsp3) is 0.263. The molecule has 0 fully saturated rings. The van der Waals surface area contributed by atoms with Gasteiger partial charge in [-0.1, -0.05) is 0 Å². The first-order valence-corrected chi connectivity index (χ1v) is 10.8. The van der Waals surface area contributed by atoms with Crippen molar-refractivity contribution in [1.29, 1.82) is 5.26 Å². The normalized spacial score (nSPS) is 11.4. The Balaban J connectivity index is 1.95. The van der Waals surface area contributed by atoms with Crippen LogP contribution in [-0.4, -0.2) is 47.3 Å². The minimum Gasteiger partial charge on any atom is -0.382 e. The summed E-state index contributed by atoms with van der Waals surface area (Å²) in [6.45, 7) is 3.76. The summed E-state index contributed by atoms with van der Waals surface area (Å²) in [4.78, 5) is 16.9. The molecule has 0 aliphatic heterocycles. The van der Waals surface area contributed by atoms with Crippen molar-refractivity contribution >= 4 is 27.1 Å². The zero-order valence-corrected chi connectivity index (χ0v) is 17.3. The van der Waals surface area contributed by atoms with Crippen LogP contribution in [0.2, 0.25) is 0 Å². The molecule has 11 heteroatoms. The van der Waals surface area contributed by atoms with Gasteiger partial charge in [-0.25, -0.2) is 18.1 Å². The maximum Gasteiger partial charge on any atom is 0.254 e. The number of nitrogens with two attached hydrogens (primary N) is 1.